The predicted molar refractivity (Wildman–Crippen MR) is 91.7 cm³/mol. The van der Waals surface area contributed by atoms with Crippen molar-refractivity contribution in [3.05, 3.63) is 59.5 Å². The standard InChI is InChI=1S/C15H12N4O5S2/c1-24-14(21)12-15(25-9-16-12)26(22,23)18-13(20)10-5-2-3-6-11(10)19-8-4-7-17-19/h2-9H,1H3,(H,18,20). The fraction of sp³-hybridized carbons (Fsp3) is 0.0667. The van der Waals surface area contributed by atoms with E-state index in [0.29, 0.717) is 17.0 Å². The monoisotopic (exact) mass is 392 g/mol. The largest absolute Gasteiger partial charge is 0.464 e. The lowest BCUT2D eigenvalue weighted by Gasteiger charge is -2.10. The van der Waals surface area contributed by atoms with Gasteiger partial charge in [-0.05, 0) is 18.2 Å². The number of nitrogens with zero attached hydrogens (tertiary/aromatic N) is 3. The smallest absolute Gasteiger partial charge is 0.358 e. The average molecular weight is 392 g/mol. The Hall–Kier alpha value is -3.05. The highest BCUT2D eigenvalue weighted by Gasteiger charge is 2.29. The second kappa shape index (κ2) is 7.06. The van der Waals surface area contributed by atoms with E-state index >= 15 is 0 Å². The van der Waals surface area contributed by atoms with Gasteiger partial charge in [0.05, 0.1) is 23.9 Å². The van der Waals surface area contributed by atoms with Crippen molar-refractivity contribution in [3.63, 3.8) is 0 Å². The van der Waals surface area contributed by atoms with Crippen molar-refractivity contribution in [2.75, 3.05) is 7.11 Å². The van der Waals surface area contributed by atoms with E-state index in [4.69, 9.17) is 0 Å². The first-order chi connectivity index (χ1) is 12.4. The molecule has 0 aliphatic rings. The Morgan fingerprint density at radius 2 is 2.00 bits per heavy atom. The molecule has 0 fully saturated rings. The molecule has 3 rings (SSSR count). The molecule has 0 atom stereocenters. The number of para-hydroxylation sites is 1. The quantitative estimate of drug-likeness (QED) is 0.648. The van der Waals surface area contributed by atoms with E-state index in [2.05, 4.69) is 14.8 Å². The zero-order valence-electron chi connectivity index (χ0n) is 13.3. The van der Waals surface area contributed by atoms with Gasteiger partial charge in [0, 0.05) is 12.4 Å². The average Bonchev–Trinajstić information content (AvgIpc) is 3.32. The first-order valence-electron chi connectivity index (χ1n) is 7.12. The number of hydrogen-bond acceptors (Lipinski definition) is 8. The number of sulfonamides is 1. The number of amides is 1. The summed E-state index contributed by atoms with van der Waals surface area (Å²) in [6, 6.07) is 8.06. The number of esters is 1. The van der Waals surface area contributed by atoms with Crippen LogP contribution in [0.25, 0.3) is 5.69 Å². The van der Waals surface area contributed by atoms with Crippen LogP contribution >= 0.6 is 11.3 Å². The summed E-state index contributed by atoms with van der Waals surface area (Å²) in [6.45, 7) is 0. The molecule has 1 aromatic carbocycles. The van der Waals surface area contributed by atoms with Crippen molar-refractivity contribution in [1.82, 2.24) is 19.5 Å². The van der Waals surface area contributed by atoms with Gasteiger partial charge in [-0.2, -0.15) is 5.10 Å². The molecule has 2 aromatic heterocycles. The maximum absolute atomic E-state index is 12.6. The summed E-state index contributed by atoms with van der Waals surface area (Å²) < 4.78 is 32.5. The third kappa shape index (κ3) is 3.34. The topological polar surface area (TPSA) is 120 Å². The zero-order chi connectivity index (χ0) is 18.7. The first kappa shape index (κ1) is 17.8. The van der Waals surface area contributed by atoms with Crippen molar-refractivity contribution in [3.8, 4) is 5.69 Å². The third-order valence-corrected chi connectivity index (χ3v) is 5.99. The Balaban J connectivity index is 1.94. The van der Waals surface area contributed by atoms with E-state index in [9.17, 15) is 18.0 Å². The molecule has 1 amide bonds. The summed E-state index contributed by atoms with van der Waals surface area (Å²) in [5, 5.41) is 4.04. The van der Waals surface area contributed by atoms with Crippen LogP contribution in [0.2, 0.25) is 0 Å². The van der Waals surface area contributed by atoms with Gasteiger partial charge >= 0.3 is 5.97 Å². The minimum Gasteiger partial charge on any atom is -0.464 e. The van der Waals surface area contributed by atoms with Crippen molar-refractivity contribution in [1.29, 1.82) is 0 Å². The molecule has 26 heavy (non-hydrogen) atoms. The van der Waals surface area contributed by atoms with Gasteiger partial charge in [0.1, 0.15) is 0 Å². The van der Waals surface area contributed by atoms with Crippen molar-refractivity contribution in [2.24, 2.45) is 0 Å². The molecule has 0 aliphatic heterocycles. The summed E-state index contributed by atoms with van der Waals surface area (Å²) in [6.07, 6.45) is 3.16. The van der Waals surface area contributed by atoms with Crippen molar-refractivity contribution in [2.45, 2.75) is 4.21 Å². The van der Waals surface area contributed by atoms with E-state index in [1.807, 2.05) is 4.72 Å². The highest BCUT2D eigenvalue weighted by atomic mass is 32.2. The van der Waals surface area contributed by atoms with E-state index in [0.717, 1.165) is 7.11 Å². The van der Waals surface area contributed by atoms with Crippen molar-refractivity contribution < 1.29 is 22.7 Å². The van der Waals surface area contributed by atoms with E-state index in [1.54, 1.807) is 30.5 Å². The molecule has 0 radical (unpaired) electrons. The molecule has 0 spiro atoms. The van der Waals surface area contributed by atoms with Gasteiger partial charge in [0.15, 0.2) is 9.90 Å². The number of hydrogen-bond donors (Lipinski definition) is 1. The molecule has 0 aliphatic carbocycles. The summed E-state index contributed by atoms with van der Waals surface area (Å²) in [7, 11) is -3.20. The molecule has 1 N–H and O–H groups in total. The Kier molecular flexibility index (Phi) is 4.82. The zero-order valence-corrected chi connectivity index (χ0v) is 15.0. The van der Waals surface area contributed by atoms with Crippen LogP contribution in [0.15, 0.2) is 52.4 Å². The number of carbonyl (C=O) groups excluding carboxylic acids is 2. The van der Waals surface area contributed by atoms with E-state index in [-0.39, 0.29) is 11.3 Å². The highest BCUT2D eigenvalue weighted by Crippen LogP contribution is 2.21. The van der Waals surface area contributed by atoms with Crippen LogP contribution in [-0.2, 0) is 14.8 Å². The maximum Gasteiger partial charge on any atom is 0.358 e. The van der Waals surface area contributed by atoms with Crippen LogP contribution in [0.3, 0.4) is 0 Å². The van der Waals surface area contributed by atoms with Gasteiger partial charge in [-0.15, -0.1) is 11.3 Å². The van der Waals surface area contributed by atoms with Crippen LogP contribution in [0, 0.1) is 0 Å². The number of methoxy groups -OCH3 is 1. The fourth-order valence-electron chi connectivity index (χ4n) is 2.16. The molecule has 3 aromatic rings. The lowest BCUT2D eigenvalue weighted by molar-refractivity contribution is 0.0590. The Labute approximate surface area is 152 Å². The first-order valence-corrected chi connectivity index (χ1v) is 9.48. The molecule has 0 saturated carbocycles. The third-order valence-electron chi connectivity index (χ3n) is 3.28. The number of rotatable bonds is 5. The van der Waals surface area contributed by atoms with Crippen LogP contribution in [0.5, 0.6) is 0 Å². The predicted octanol–water partition coefficient (Wildman–Crippen LogP) is 1.23. The molecule has 11 heteroatoms. The lowest BCUT2D eigenvalue weighted by atomic mass is 10.1. The van der Waals surface area contributed by atoms with E-state index in [1.165, 1.54) is 22.5 Å². The molecular weight excluding hydrogens is 380 g/mol. The van der Waals surface area contributed by atoms with Crippen LogP contribution in [0.4, 0.5) is 0 Å². The molecule has 0 bridgehead atoms. The highest BCUT2D eigenvalue weighted by molar-refractivity contribution is 7.92. The fourth-order valence-corrected chi connectivity index (χ4v) is 4.26. The molecule has 0 saturated heterocycles. The van der Waals surface area contributed by atoms with Gasteiger partial charge in [-0.25, -0.2) is 27.6 Å². The minimum absolute atomic E-state index is 0.101. The van der Waals surface area contributed by atoms with Gasteiger partial charge < -0.3 is 4.74 Å². The summed E-state index contributed by atoms with van der Waals surface area (Å²) in [5.74, 6) is -1.77. The second-order valence-electron chi connectivity index (χ2n) is 4.88. The molecule has 0 unspecified atom stereocenters. The molecular formula is C15H12N4O5S2. The summed E-state index contributed by atoms with van der Waals surface area (Å²) in [5.41, 5.74) is 1.31. The van der Waals surface area contributed by atoms with Crippen LogP contribution < -0.4 is 4.72 Å². The molecule has 2 heterocycles. The van der Waals surface area contributed by atoms with Crippen molar-refractivity contribution >= 4 is 33.2 Å². The van der Waals surface area contributed by atoms with Gasteiger partial charge in [0.2, 0.25) is 0 Å². The number of ether oxygens (including phenoxy) is 1. The van der Waals surface area contributed by atoms with Gasteiger partial charge in [0.25, 0.3) is 15.9 Å². The summed E-state index contributed by atoms with van der Waals surface area (Å²) in [4.78, 5) is 27.9. The number of aromatic nitrogens is 3. The van der Waals surface area contributed by atoms with E-state index < -0.39 is 26.1 Å². The normalized spacial score (nSPS) is 11.1. The Morgan fingerprint density at radius 3 is 2.69 bits per heavy atom. The maximum atomic E-state index is 12.6. The van der Waals surface area contributed by atoms with Gasteiger partial charge in [-0.1, -0.05) is 12.1 Å². The van der Waals surface area contributed by atoms with Crippen LogP contribution in [-0.4, -0.2) is 42.2 Å². The number of benzene rings is 1. The number of nitrogens with one attached hydrogen (secondary N) is 1. The lowest BCUT2D eigenvalue weighted by Crippen LogP contribution is -2.32. The Morgan fingerprint density at radius 1 is 1.23 bits per heavy atom. The second-order valence-corrected chi connectivity index (χ2v) is 7.61. The Bertz CT molecular complexity index is 1060. The number of carbonyl (C=O) groups is 2. The van der Waals surface area contributed by atoms with Gasteiger partial charge in [-0.3, -0.25) is 4.79 Å². The molecule has 134 valence electrons. The summed E-state index contributed by atoms with van der Waals surface area (Å²) >= 11 is 0.707. The SMILES string of the molecule is COC(=O)c1ncsc1S(=O)(=O)NC(=O)c1ccccc1-n1cccn1. The number of thiazole rings is 1. The van der Waals surface area contributed by atoms with Crippen LogP contribution in [0.1, 0.15) is 20.8 Å². The minimum atomic E-state index is -4.31. The molecule has 9 nitrogen and oxygen atoms in total.